The normalized spacial score (nSPS) is 14.2. The number of piperazine rings is 1. The van der Waals surface area contributed by atoms with Crippen LogP contribution in [0.3, 0.4) is 0 Å². The molecule has 28 heavy (non-hydrogen) atoms. The van der Waals surface area contributed by atoms with Crippen LogP contribution in [0.2, 0.25) is 0 Å². The predicted molar refractivity (Wildman–Crippen MR) is 114 cm³/mol. The lowest BCUT2D eigenvalue weighted by Crippen LogP contribution is -2.49. The van der Waals surface area contributed by atoms with Crippen molar-refractivity contribution in [3.8, 4) is 11.3 Å². The first-order valence-electron chi connectivity index (χ1n) is 9.34. The van der Waals surface area contributed by atoms with Crippen LogP contribution in [0.15, 0.2) is 71.5 Å². The van der Waals surface area contributed by atoms with E-state index in [1.807, 2.05) is 65.6 Å². The van der Waals surface area contributed by atoms with E-state index in [1.165, 1.54) is 0 Å². The van der Waals surface area contributed by atoms with E-state index in [4.69, 9.17) is 0 Å². The summed E-state index contributed by atoms with van der Waals surface area (Å²) in [6.45, 7) is 2.97. The van der Waals surface area contributed by atoms with Gasteiger partial charge in [0.25, 0.3) is 0 Å². The summed E-state index contributed by atoms with van der Waals surface area (Å²) in [5.41, 5.74) is 3.03. The third kappa shape index (κ3) is 4.39. The lowest BCUT2D eigenvalue weighted by Gasteiger charge is -2.35. The Morgan fingerprint density at radius 1 is 0.929 bits per heavy atom. The van der Waals surface area contributed by atoms with Crippen molar-refractivity contribution in [1.29, 1.82) is 0 Å². The van der Waals surface area contributed by atoms with Gasteiger partial charge in [-0.25, -0.2) is 9.97 Å². The monoisotopic (exact) mass is 436 g/mol. The van der Waals surface area contributed by atoms with Gasteiger partial charge in [0, 0.05) is 42.3 Å². The number of carbonyl (C=O) groups is 1. The van der Waals surface area contributed by atoms with Crippen LogP contribution in [-0.4, -0.2) is 47.0 Å². The SMILES string of the molecule is O=C(Cc1ccc(Br)cc1)N1CCN(c2cc(-c3ccccc3)ncn2)CC1. The fraction of sp³-hybridized carbons (Fsp3) is 0.227. The van der Waals surface area contributed by atoms with Crippen LogP contribution in [0.25, 0.3) is 11.3 Å². The van der Waals surface area contributed by atoms with Crippen LogP contribution in [0.5, 0.6) is 0 Å². The largest absolute Gasteiger partial charge is 0.353 e. The molecular weight excluding hydrogens is 416 g/mol. The lowest BCUT2D eigenvalue weighted by atomic mass is 10.1. The van der Waals surface area contributed by atoms with E-state index in [1.54, 1.807) is 6.33 Å². The fourth-order valence-electron chi connectivity index (χ4n) is 3.36. The molecule has 0 N–H and O–H groups in total. The van der Waals surface area contributed by atoms with Crippen molar-refractivity contribution in [3.05, 3.63) is 77.0 Å². The van der Waals surface area contributed by atoms with Crippen LogP contribution in [0.4, 0.5) is 5.82 Å². The zero-order chi connectivity index (χ0) is 19.3. The van der Waals surface area contributed by atoms with Crippen molar-refractivity contribution < 1.29 is 4.79 Å². The van der Waals surface area contributed by atoms with Gasteiger partial charge in [0.2, 0.25) is 5.91 Å². The molecule has 1 fully saturated rings. The number of hydrogen-bond acceptors (Lipinski definition) is 4. The van der Waals surface area contributed by atoms with E-state index in [0.717, 1.165) is 40.2 Å². The fourth-order valence-corrected chi connectivity index (χ4v) is 3.62. The van der Waals surface area contributed by atoms with Gasteiger partial charge in [-0.2, -0.15) is 0 Å². The van der Waals surface area contributed by atoms with Crippen LogP contribution in [-0.2, 0) is 11.2 Å². The van der Waals surface area contributed by atoms with Gasteiger partial charge in [-0.05, 0) is 17.7 Å². The van der Waals surface area contributed by atoms with Gasteiger partial charge in [0.15, 0.2) is 0 Å². The first-order valence-corrected chi connectivity index (χ1v) is 10.1. The second kappa shape index (κ2) is 8.52. The molecule has 1 aliphatic heterocycles. The molecule has 1 amide bonds. The molecule has 2 heterocycles. The van der Waals surface area contributed by atoms with Gasteiger partial charge < -0.3 is 9.80 Å². The molecule has 0 spiro atoms. The molecule has 2 aromatic carbocycles. The number of halogens is 1. The Balaban J connectivity index is 1.37. The summed E-state index contributed by atoms with van der Waals surface area (Å²) in [7, 11) is 0. The number of hydrogen-bond donors (Lipinski definition) is 0. The topological polar surface area (TPSA) is 49.3 Å². The van der Waals surface area contributed by atoms with E-state index in [2.05, 4.69) is 30.8 Å². The van der Waals surface area contributed by atoms with Gasteiger partial charge in [0.05, 0.1) is 12.1 Å². The van der Waals surface area contributed by atoms with E-state index < -0.39 is 0 Å². The Morgan fingerprint density at radius 2 is 1.64 bits per heavy atom. The van der Waals surface area contributed by atoms with Crippen molar-refractivity contribution in [1.82, 2.24) is 14.9 Å². The van der Waals surface area contributed by atoms with Gasteiger partial charge in [-0.15, -0.1) is 0 Å². The van der Waals surface area contributed by atoms with E-state index in [9.17, 15) is 4.79 Å². The smallest absolute Gasteiger partial charge is 0.227 e. The van der Waals surface area contributed by atoms with Crippen molar-refractivity contribution in [2.75, 3.05) is 31.1 Å². The van der Waals surface area contributed by atoms with E-state index >= 15 is 0 Å². The molecule has 0 bridgehead atoms. The molecule has 0 unspecified atom stereocenters. The maximum absolute atomic E-state index is 12.6. The third-order valence-electron chi connectivity index (χ3n) is 4.95. The first kappa shape index (κ1) is 18.6. The summed E-state index contributed by atoms with van der Waals surface area (Å²) in [4.78, 5) is 25.6. The summed E-state index contributed by atoms with van der Waals surface area (Å²) in [5, 5.41) is 0. The number of anilines is 1. The summed E-state index contributed by atoms with van der Waals surface area (Å²) in [6.07, 6.45) is 2.06. The van der Waals surface area contributed by atoms with Gasteiger partial charge >= 0.3 is 0 Å². The second-order valence-corrected chi connectivity index (χ2v) is 7.71. The Hall–Kier alpha value is -2.73. The maximum atomic E-state index is 12.6. The highest BCUT2D eigenvalue weighted by Gasteiger charge is 2.22. The van der Waals surface area contributed by atoms with Crippen LogP contribution >= 0.6 is 15.9 Å². The highest BCUT2D eigenvalue weighted by Crippen LogP contribution is 2.21. The Kier molecular flexibility index (Phi) is 5.67. The van der Waals surface area contributed by atoms with Crippen molar-refractivity contribution in [2.24, 2.45) is 0 Å². The highest BCUT2D eigenvalue weighted by atomic mass is 79.9. The molecule has 5 nitrogen and oxygen atoms in total. The molecule has 0 atom stereocenters. The van der Waals surface area contributed by atoms with Gasteiger partial charge in [-0.3, -0.25) is 4.79 Å². The number of nitrogens with zero attached hydrogens (tertiary/aromatic N) is 4. The zero-order valence-corrected chi connectivity index (χ0v) is 17.0. The van der Waals surface area contributed by atoms with Crippen molar-refractivity contribution in [2.45, 2.75) is 6.42 Å². The molecule has 0 saturated carbocycles. The van der Waals surface area contributed by atoms with E-state index in [0.29, 0.717) is 19.5 Å². The second-order valence-electron chi connectivity index (χ2n) is 6.80. The summed E-state index contributed by atoms with van der Waals surface area (Å²) in [5.74, 6) is 1.09. The Labute approximate surface area is 173 Å². The van der Waals surface area contributed by atoms with Gasteiger partial charge in [0.1, 0.15) is 12.1 Å². The summed E-state index contributed by atoms with van der Waals surface area (Å²) < 4.78 is 1.03. The molecule has 1 aliphatic rings. The molecule has 0 radical (unpaired) electrons. The van der Waals surface area contributed by atoms with Crippen LogP contribution in [0, 0.1) is 0 Å². The van der Waals surface area contributed by atoms with Crippen molar-refractivity contribution >= 4 is 27.7 Å². The maximum Gasteiger partial charge on any atom is 0.227 e. The number of carbonyl (C=O) groups excluding carboxylic acids is 1. The molecular formula is C22H21BrN4O. The molecule has 3 aromatic rings. The minimum absolute atomic E-state index is 0.176. The average molecular weight is 437 g/mol. The Morgan fingerprint density at radius 3 is 2.36 bits per heavy atom. The molecule has 0 aliphatic carbocycles. The highest BCUT2D eigenvalue weighted by molar-refractivity contribution is 9.10. The first-order chi connectivity index (χ1) is 13.7. The van der Waals surface area contributed by atoms with Crippen LogP contribution in [0.1, 0.15) is 5.56 Å². The average Bonchev–Trinajstić information content (AvgIpc) is 2.76. The molecule has 142 valence electrons. The molecule has 1 aromatic heterocycles. The van der Waals surface area contributed by atoms with Crippen LogP contribution < -0.4 is 4.90 Å². The van der Waals surface area contributed by atoms with Gasteiger partial charge in [-0.1, -0.05) is 58.4 Å². The summed E-state index contributed by atoms with van der Waals surface area (Å²) in [6, 6.07) is 20.1. The van der Waals surface area contributed by atoms with E-state index in [-0.39, 0.29) is 5.91 Å². The number of rotatable bonds is 4. The number of aromatic nitrogens is 2. The standard InChI is InChI=1S/C22H21BrN4O/c23-19-8-6-17(7-9-19)14-22(28)27-12-10-26(11-13-27)21-15-20(24-16-25-21)18-4-2-1-3-5-18/h1-9,15-16H,10-14H2. The lowest BCUT2D eigenvalue weighted by molar-refractivity contribution is -0.130. The minimum Gasteiger partial charge on any atom is -0.353 e. The Bertz CT molecular complexity index is 938. The number of amides is 1. The third-order valence-corrected chi connectivity index (χ3v) is 5.48. The molecule has 1 saturated heterocycles. The minimum atomic E-state index is 0.176. The zero-order valence-electron chi connectivity index (χ0n) is 15.5. The molecule has 6 heteroatoms. The van der Waals surface area contributed by atoms with Crippen molar-refractivity contribution in [3.63, 3.8) is 0 Å². The quantitative estimate of drug-likeness (QED) is 0.623. The summed E-state index contributed by atoms with van der Waals surface area (Å²) >= 11 is 3.43. The molecule has 4 rings (SSSR count). The predicted octanol–water partition coefficient (Wildman–Crippen LogP) is 3.80. The number of benzene rings is 2.